The number of rotatable bonds is 3. The topological polar surface area (TPSA) is 12.0 Å². The van der Waals surface area contributed by atoms with Crippen molar-refractivity contribution in [3.63, 3.8) is 0 Å². The minimum atomic E-state index is -0.926. The van der Waals surface area contributed by atoms with Crippen LogP contribution in [0.5, 0.6) is 0 Å². The quantitative estimate of drug-likeness (QED) is 0.874. The van der Waals surface area contributed by atoms with Crippen molar-refractivity contribution in [3.8, 4) is 0 Å². The molecule has 2 rings (SSSR count). The molecule has 0 aliphatic carbocycles. The van der Waals surface area contributed by atoms with Gasteiger partial charge in [0.05, 0.1) is 0 Å². The first kappa shape index (κ1) is 12.8. The first-order valence-electron chi connectivity index (χ1n) is 5.19. The molecule has 0 fully saturated rings. The molecule has 5 heteroatoms. The molecule has 0 heterocycles. The van der Waals surface area contributed by atoms with Gasteiger partial charge in [0.25, 0.3) is 0 Å². The molecular weight excluding hydrogens is 263 g/mol. The SMILES string of the molecule is Fc1ccc(CNc2ccc(F)c(F)c2)c(Cl)c1. The molecule has 0 unspecified atom stereocenters. The van der Waals surface area contributed by atoms with Crippen LogP contribution in [-0.2, 0) is 6.54 Å². The van der Waals surface area contributed by atoms with Gasteiger partial charge in [-0.3, -0.25) is 0 Å². The molecule has 2 aromatic rings. The lowest BCUT2D eigenvalue weighted by Crippen LogP contribution is -2.01. The van der Waals surface area contributed by atoms with Crippen LogP contribution in [0.1, 0.15) is 5.56 Å². The number of anilines is 1. The summed E-state index contributed by atoms with van der Waals surface area (Å²) >= 11 is 5.84. The molecule has 94 valence electrons. The maximum Gasteiger partial charge on any atom is 0.160 e. The molecule has 18 heavy (non-hydrogen) atoms. The summed E-state index contributed by atoms with van der Waals surface area (Å²) in [5, 5.41) is 3.16. The minimum absolute atomic E-state index is 0.282. The predicted molar refractivity (Wildman–Crippen MR) is 65.1 cm³/mol. The Balaban J connectivity index is 2.09. The number of hydrogen-bond acceptors (Lipinski definition) is 1. The highest BCUT2D eigenvalue weighted by Gasteiger charge is 2.04. The molecule has 0 aromatic heterocycles. The lowest BCUT2D eigenvalue weighted by atomic mass is 10.2. The van der Waals surface area contributed by atoms with Gasteiger partial charge in [0.15, 0.2) is 11.6 Å². The molecule has 1 nitrogen and oxygen atoms in total. The van der Waals surface area contributed by atoms with E-state index in [0.717, 1.165) is 12.1 Å². The zero-order valence-corrected chi connectivity index (χ0v) is 9.94. The van der Waals surface area contributed by atoms with Crippen LogP contribution >= 0.6 is 11.6 Å². The first-order valence-corrected chi connectivity index (χ1v) is 5.57. The largest absolute Gasteiger partial charge is 0.381 e. The van der Waals surface area contributed by atoms with E-state index in [1.54, 1.807) is 0 Å². The molecule has 0 amide bonds. The molecule has 0 aliphatic heterocycles. The predicted octanol–water partition coefficient (Wildman–Crippen LogP) is 4.37. The highest BCUT2D eigenvalue weighted by Crippen LogP contribution is 2.19. The highest BCUT2D eigenvalue weighted by atomic mass is 35.5. The van der Waals surface area contributed by atoms with E-state index in [1.165, 1.54) is 24.3 Å². The Kier molecular flexibility index (Phi) is 3.77. The lowest BCUT2D eigenvalue weighted by molar-refractivity contribution is 0.509. The van der Waals surface area contributed by atoms with Gasteiger partial charge in [-0.1, -0.05) is 17.7 Å². The maximum atomic E-state index is 12.9. The number of benzene rings is 2. The Labute approximate surface area is 107 Å². The van der Waals surface area contributed by atoms with Crippen molar-refractivity contribution in [3.05, 3.63) is 64.4 Å². The Bertz CT molecular complexity index is 572. The van der Waals surface area contributed by atoms with E-state index in [0.29, 0.717) is 17.8 Å². The van der Waals surface area contributed by atoms with Crippen LogP contribution in [0.25, 0.3) is 0 Å². The van der Waals surface area contributed by atoms with E-state index in [2.05, 4.69) is 5.32 Å². The monoisotopic (exact) mass is 271 g/mol. The molecule has 0 spiro atoms. The Morgan fingerprint density at radius 3 is 2.39 bits per heavy atom. The summed E-state index contributed by atoms with van der Waals surface area (Å²) in [5.74, 6) is -2.25. The number of hydrogen-bond donors (Lipinski definition) is 1. The van der Waals surface area contributed by atoms with E-state index >= 15 is 0 Å². The minimum Gasteiger partial charge on any atom is -0.381 e. The van der Waals surface area contributed by atoms with E-state index in [1.807, 2.05) is 0 Å². The van der Waals surface area contributed by atoms with Crippen molar-refractivity contribution in [1.82, 2.24) is 0 Å². The molecule has 2 aromatic carbocycles. The number of nitrogens with one attached hydrogen (secondary N) is 1. The first-order chi connectivity index (χ1) is 8.56. The molecule has 0 aliphatic rings. The Morgan fingerprint density at radius 2 is 1.72 bits per heavy atom. The second kappa shape index (κ2) is 5.31. The maximum absolute atomic E-state index is 12.9. The Morgan fingerprint density at radius 1 is 0.944 bits per heavy atom. The van der Waals surface area contributed by atoms with Crippen molar-refractivity contribution >= 4 is 17.3 Å². The summed E-state index contributed by atoms with van der Waals surface area (Å²) in [7, 11) is 0. The van der Waals surface area contributed by atoms with E-state index in [9.17, 15) is 13.2 Å². The van der Waals surface area contributed by atoms with Gasteiger partial charge in [0.1, 0.15) is 5.82 Å². The fraction of sp³-hybridized carbons (Fsp3) is 0.0769. The van der Waals surface area contributed by atoms with Gasteiger partial charge in [0.2, 0.25) is 0 Å². The number of halogens is 4. The summed E-state index contributed by atoms with van der Waals surface area (Å²) in [6, 6.07) is 7.51. The summed E-state index contributed by atoms with van der Waals surface area (Å²) in [6.07, 6.45) is 0. The highest BCUT2D eigenvalue weighted by molar-refractivity contribution is 6.31. The zero-order valence-electron chi connectivity index (χ0n) is 9.18. The van der Waals surface area contributed by atoms with Gasteiger partial charge in [-0.15, -0.1) is 0 Å². The van der Waals surface area contributed by atoms with Crippen molar-refractivity contribution in [2.24, 2.45) is 0 Å². The van der Waals surface area contributed by atoms with Crippen LogP contribution in [-0.4, -0.2) is 0 Å². The smallest absolute Gasteiger partial charge is 0.160 e. The van der Waals surface area contributed by atoms with Crippen molar-refractivity contribution in [2.75, 3.05) is 5.32 Å². The van der Waals surface area contributed by atoms with E-state index in [-0.39, 0.29) is 5.02 Å². The molecule has 0 saturated carbocycles. The van der Waals surface area contributed by atoms with Crippen LogP contribution in [0.4, 0.5) is 18.9 Å². The lowest BCUT2D eigenvalue weighted by Gasteiger charge is -2.08. The summed E-state index contributed by atoms with van der Waals surface area (Å²) in [5.41, 5.74) is 1.09. The fourth-order valence-corrected chi connectivity index (χ4v) is 1.70. The zero-order chi connectivity index (χ0) is 13.1. The van der Waals surface area contributed by atoms with Gasteiger partial charge < -0.3 is 5.32 Å². The second-order valence-corrected chi connectivity index (χ2v) is 4.13. The van der Waals surface area contributed by atoms with Crippen molar-refractivity contribution in [2.45, 2.75) is 6.54 Å². The van der Waals surface area contributed by atoms with Crippen LogP contribution in [0.15, 0.2) is 36.4 Å². The van der Waals surface area contributed by atoms with Crippen molar-refractivity contribution in [1.29, 1.82) is 0 Å². The van der Waals surface area contributed by atoms with Gasteiger partial charge in [-0.2, -0.15) is 0 Å². The van der Waals surface area contributed by atoms with Gasteiger partial charge in [0, 0.05) is 23.3 Å². The van der Waals surface area contributed by atoms with Crippen LogP contribution in [0, 0.1) is 17.5 Å². The third-order valence-corrected chi connectivity index (χ3v) is 2.77. The van der Waals surface area contributed by atoms with Gasteiger partial charge in [-0.25, -0.2) is 13.2 Å². The van der Waals surface area contributed by atoms with Crippen molar-refractivity contribution < 1.29 is 13.2 Å². The molecule has 0 atom stereocenters. The average Bonchev–Trinajstić information content (AvgIpc) is 2.32. The normalized spacial score (nSPS) is 10.4. The van der Waals surface area contributed by atoms with E-state index in [4.69, 9.17) is 11.6 Å². The fourth-order valence-electron chi connectivity index (χ4n) is 1.47. The summed E-state index contributed by atoms with van der Waals surface area (Å²) < 4.78 is 38.5. The summed E-state index contributed by atoms with van der Waals surface area (Å²) in [4.78, 5) is 0. The van der Waals surface area contributed by atoms with E-state index < -0.39 is 17.5 Å². The third-order valence-electron chi connectivity index (χ3n) is 2.42. The summed E-state index contributed by atoms with van der Waals surface area (Å²) in [6.45, 7) is 0.296. The van der Waals surface area contributed by atoms with Crippen LogP contribution < -0.4 is 5.32 Å². The van der Waals surface area contributed by atoms with Gasteiger partial charge >= 0.3 is 0 Å². The molecule has 1 N–H and O–H groups in total. The van der Waals surface area contributed by atoms with Crippen LogP contribution in [0.2, 0.25) is 5.02 Å². The molecule has 0 radical (unpaired) electrons. The third kappa shape index (κ3) is 2.96. The second-order valence-electron chi connectivity index (χ2n) is 3.72. The molecule has 0 saturated heterocycles. The standard InChI is InChI=1S/C13H9ClF3N/c14-11-5-9(15)2-1-8(11)7-18-10-3-4-12(16)13(17)6-10/h1-6,18H,7H2. The molecule has 0 bridgehead atoms. The molecular formula is C13H9ClF3N. The average molecular weight is 272 g/mol. The van der Waals surface area contributed by atoms with Gasteiger partial charge in [-0.05, 0) is 29.8 Å². The van der Waals surface area contributed by atoms with Crippen LogP contribution in [0.3, 0.4) is 0 Å². The Hall–Kier alpha value is -1.68.